The molecule has 90 valence electrons. The van der Waals surface area contributed by atoms with E-state index in [1.54, 1.807) is 0 Å². The van der Waals surface area contributed by atoms with Gasteiger partial charge in [0.05, 0.1) is 12.1 Å². The Bertz CT molecular complexity index is 282. The lowest BCUT2D eigenvalue weighted by molar-refractivity contribution is -0.165. The number of imide groups is 1. The average Bonchev–Trinajstić information content (AvgIpc) is 2.25. The Morgan fingerprint density at radius 2 is 1.69 bits per heavy atom. The van der Waals surface area contributed by atoms with E-state index in [0.717, 1.165) is 4.90 Å². The highest BCUT2D eigenvalue weighted by Gasteiger charge is 2.37. The van der Waals surface area contributed by atoms with Gasteiger partial charge in [0.1, 0.15) is 13.2 Å². The van der Waals surface area contributed by atoms with Gasteiger partial charge in [0.15, 0.2) is 0 Å². The van der Waals surface area contributed by atoms with Gasteiger partial charge in [-0.2, -0.15) is 0 Å². The molecule has 0 unspecified atom stereocenters. The molecular weight excluding hydrogens is 214 g/mol. The zero-order valence-electron chi connectivity index (χ0n) is 8.98. The summed E-state index contributed by atoms with van der Waals surface area (Å²) in [5, 5.41) is 10.2. The highest BCUT2D eigenvalue weighted by molar-refractivity contribution is 5.98. The van der Waals surface area contributed by atoms with Crippen molar-refractivity contribution in [1.82, 2.24) is 4.90 Å². The van der Waals surface area contributed by atoms with Crippen LogP contribution in [-0.2, 0) is 19.1 Å². The number of hydrogen-bond acceptors (Lipinski definition) is 5. The van der Waals surface area contributed by atoms with E-state index in [1.165, 1.54) is 0 Å². The van der Waals surface area contributed by atoms with E-state index in [2.05, 4.69) is 0 Å². The smallest absolute Gasteiger partial charge is 0.255 e. The first kappa shape index (κ1) is 11.5. The lowest BCUT2D eigenvalue weighted by atomic mass is 9.93. The molecule has 0 aromatic carbocycles. The molecule has 0 aromatic rings. The molecule has 0 aliphatic carbocycles. The number of carbonyl (C=O) groups is 2. The van der Waals surface area contributed by atoms with Gasteiger partial charge in [-0.05, 0) is 0 Å². The second kappa shape index (κ2) is 4.48. The first-order chi connectivity index (χ1) is 7.61. The van der Waals surface area contributed by atoms with E-state index in [0.29, 0.717) is 26.1 Å². The maximum atomic E-state index is 11.5. The largest absolute Gasteiger partial charge is 0.388 e. The number of carbonyl (C=O) groups excluding carboxylic acids is 2. The van der Waals surface area contributed by atoms with Gasteiger partial charge in [0.25, 0.3) is 11.8 Å². The van der Waals surface area contributed by atoms with Crippen LogP contribution in [-0.4, -0.2) is 60.4 Å². The topological polar surface area (TPSA) is 76.1 Å². The van der Waals surface area contributed by atoms with Gasteiger partial charge in [-0.25, -0.2) is 0 Å². The van der Waals surface area contributed by atoms with Crippen LogP contribution in [0.4, 0.5) is 0 Å². The summed E-state index contributed by atoms with van der Waals surface area (Å²) >= 11 is 0. The zero-order chi connectivity index (χ0) is 11.6. The fourth-order valence-corrected chi connectivity index (χ4v) is 1.90. The lowest BCUT2D eigenvalue weighted by Gasteiger charge is -2.37. The predicted molar refractivity (Wildman–Crippen MR) is 52.5 cm³/mol. The van der Waals surface area contributed by atoms with Crippen LogP contribution in [0.15, 0.2) is 0 Å². The molecule has 1 N–H and O–H groups in total. The van der Waals surface area contributed by atoms with Crippen LogP contribution in [0.5, 0.6) is 0 Å². The second-order valence-corrected chi connectivity index (χ2v) is 4.20. The van der Waals surface area contributed by atoms with Crippen molar-refractivity contribution in [3.05, 3.63) is 0 Å². The van der Waals surface area contributed by atoms with E-state index in [-0.39, 0.29) is 31.6 Å². The van der Waals surface area contributed by atoms with Gasteiger partial charge in [-0.1, -0.05) is 0 Å². The maximum absolute atomic E-state index is 11.5. The van der Waals surface area contributed by atoms with Crippen molar-refractivity contribution in [2.75, 3.05) is 33.0 Å². The normalized spacial score (nSPS) is 25.9. The van der Waals surface area contributed by atoms with E-state index in [4.69, 9.17) is 9.47 Å². The number of aliphatic hydroxyl groups is 1. The lowest BCUT2D eigenvalue weighted by Crippen LogP contribution is -2.54. The van der Waals surface area contributed by atoms with Crippen molar-refractivity contribution in [2.24, 2.45) is 0 Å². The molecule has 0 bridgehead atoms. The fraction of sp³-hybridized carbons (Fsp3) is 0.800. The van der Waals surface area contributed by atoms with Crippen molar-refractivity contribution in [3.63, 3.8) is 0 Å². The number of rotatable bonds is 2. The number of morpholine rings is 1. The standard InChI is InChI=1S/C10H15NO5/c12-8-5-16-6-9(13)11(8)7-10(14)1-3-15-4-2-10/h14H,1-7H2. The van der Waals surface area contributed by atoms with Gasteiger partial charge in [0.2, 0.25) is 0 Å². The van der Waals surface area contributed by atoms with Crippen LogP contribution in [0.3, 0.4) is 0 Å². The first-order valence-corrected chi connectivity index (χ1v) is 5.32. The van der Waals surface area contributed by atoms with Crippen LogP contribution >= 0.6 is 0 Å². The number of β-amino-alcohol motifs (C(OH)–C–C–N with tert-alkyl or cyclic N) is 1. The summed E-state index contributed by atoms with van der Waals surface area (Å²) in [6, 6.07) is 0. The summed E-state index contributed by atoms with van der Waals surface area (Å²) in [5.74, 6) is -0.757. The van der Waals surface area contributed by atoms with Gasteiger partial charge < -0.3 is 14.6 Å². The van der Waals surface area contributed by atoms with Crippen molar-refractivity contribution in [1.29, 1.82) is 0 Å². The molecule has 0 aromatic heterocycles. The summed E-state index contributed by atoms with van der Waals surface area (Å²) < 4.78 is 9.93. The van der Waals surface area contributed by atoms with Crippen LogP contribution < -0.4 is 0 Å². The Hall–Kier alpha value is -0.980. The number of nitrogens with zero attached hydrogens (tertiary/aromatic N) is 1. The van der Waals surface area contributed by atoms with Crippen LogP contribution in [0.25, 0.3) is 0 Å². The van der Waals surface area contributed by atoms with Crippen molar-refractivity contribution < 1.29 is 24.2 Å². The first-order valence-electron chi connectivity index (χ1n) is 5.32. The third-order valence-electron chi connectivity index (χ3n) is 2.93. The van der Waals surface area contributed by atoms with Gasteiger partial charge in [-0.3, -0.25) is 14.5 Å². The molecule has 16 heavy (non-hydrogen) atoms. The van der Waals surface area contributed by atoms with E-state index < -0.39 is 5.60 Å². The highest BCUT2D eigenvalue weighted by atomic mass is 16.5. The molecular formula is C10H15NO5. The van der Waals surface area contributed by atoms with Gasteiger partial charge >= 0.3 is 0 Å². The third kappa shape index (κ3) is 2.40. The van der Waals surface area contributed by atoms with Crippen molar-refractivity contribution >= 4 is 11.8 Å². The van der Waals surface area contributed by atoms with Gasteiger partial charge in [-0.15, -0.1) is 0 Å². The molecule has 2 aliphatic rings. The summed E-state index contributed by atoms with van der Waals surface area (Å²) in [5.41, 5.74) is -0.999. The Morgan fingerprint density at radius 1 is 1.12 bits per heavy atom. The zero-order valence-corrected chi connectivity index (χ0v) is 8.98. The molecule has 0 saturated carbocycles. The number of ether oxygens (including phenoxy) is 2. The van der Waals surface area contributed by atoms with Crippen LogP contribution in [0.1, 0.15) is 12.8 Å². The molecule has 6 heteroatoms. The molecule has 2 fully saturated rings. The monoisotopic (exact) mass is 229 g/mol. The summed E-state index contributed by atoms with van der Waals surface area (Å²) in [4.78, 5) is 24.0. The molecule has 2 saturated heterocycles. The molecule has 2 rings (SSSR count). The minimum absolute atomic E-state index is 0.0530. The molecule has 6 nitrogen and oxygen atoms in total. The number of amides is 2. The summed E-state index contributed by atoms with van der Waals surface area (Å²) in [6.45, 7) is 0.806. The fourth-order valence-electron chi connectivity index (χ4n) is 1.90. The molecule has 2 amide bonds. The predicted octanol–water partition coefficient (Wildman–Crippen LogP) is -1.09. The Balaban J connectivity index is 2.01. The van der Waals surface area contributed by atoms with Gasteiger partial charge in [0, 0.05) is 26.1 Å². The Kier molecular flexibility index (Phi) is 3.22. The minimum atomic E-state index is -0.999. The minimum Gasteiger partial charge on any atom is -0.388 e. The molecule has 2 heterocycles. The molecule has 0 radical (unpaired) electrons. The molecule has 0 atom stereocenters. The van der Waals surface area contributed by atoms with E-state index in [1.807, 2.05) is 0 Å². The third-order valence-corrected chi connectivity index (χ3v) is 2.93. The van der Waals surface area contributed by atoms with Crippen molar-refractivity contribution in [3.8, 4) is 0 Å². The van der Waals surface area contributed by atoms with Crippen molar-refractivity contribution in [2.45, 2.75) is 18.4 Å². The summed E-state index contributed by atoms with van der Waals surface area (Å²) in [7, 11) is 0. The quantitative estimate of drug-likeness (QED) is 0.609. The van der Waals surface area contributed by atoms with E-state index >= 15 is 0 Å². The second-order valence-electron chi connectivity index (χ2n) is 4.20. The number of hydrogen-bond donors (Lipinski definition) is 1. The maximum Gasteiger partial charge on any atom is 0.255 e. The molecule has 2 aliphatic heterocycles. The average molecular weight is 229 g/mol. The van der Waals surface area contributed by atoms with E-state index in [9.17, 15) is 14.7 Å². The molecule has 0 spiro atoms. The summed E-state index contributed by atoms with van der Waals surface area (Å²) in [6.07, 6.45) is 0.899. The Labute approximate surface area is 93.1 Å². The SMILES string of the molecule is O=C1COCC(=O)N1CC1(O)CCOCC1. The highest BCUT2D eigenvalue weighted by Crippen LogP contribution is 2.22. The Morgan fingerprint density at radius 3 is 2.25 bits per heavy atom. The van der Waals surface area contributed by atoms with Crippen LogP contribution in [0, 0.1) is 0 Å². The van der Waals surface area contributed by atoms with Crippen LogP contribution in [0.2, 0.25) is 0 Å².